The third-order valence-corrected chi connectivity index (χ3v) is 2.97. The van der Waals surface area contributed by atoms with E-state index in [4.69, 9.17) is 4.42 Å². The van der Waals surface area contributed by atoms with Gasteiger partial charge in [-0.2, -0.15) is 5.10 Å². The van der Waals surface area contributed by atoms with Crippen LogP contribution in [-0.2, 0) is 0 Å². The van der Waals surface area contributed by atoms with Gasteiger partial charge < -0.3 is 4.42 Å². The zero-order valence-electron chi connectivity index (χ0n) is 12.2. The molecule has 104 valence electrons. The maximum Gasteiger partial charge on any atom is 0.271 e. The summed E-state index contributed by atoms with van der Waals surface area (Å²) in [4.78, 5) is 12.0. The average molecular weight is 270 g/mol. The number of amides is 1. The number of hydrogen-bond acceptors (Lipinski definition) is 3. The molecule has 4 nitrogen and oxygen atoms in total. The number of hydrazone groups is 1. The Morgan fingerprint density at radius 1 is 1.20 bits per heavy atom. The Labute approximate surface area is 118 Å². The molecule has 0 unspecified atom stereocenters. The van der Waals surface area contributed by atoms with E-state index in [1.54, 1.807) is 6.07 Å². The molecule has 2 rings (SSSR count). The highest BCUT2D eigenvalue weighted by atomic mass is 16.3. The minimum atomic E-state index is -0.228. The summed E-state index contributed by atoms with van der Waals surface area (Å²) in [5.74, 6) is 1.30. The molecular weight excluding hydrogens is 252 g/mol. The first-order chi connectivity index (χ1) is 9.47. The lowest BCUT2D eigenvalue weighted by Crippen LogP contribution is -2.19. The van der Waals surface area contributed by atoms with E-state index in [1.165, 1.54) is 0 Å². The summed E-state index contributed by atoms with van der Waals surface area (Å²) < 4.78 is 5.55. The molecule has 20 heavy (non-hydrogen) atoms. The Kier molecular flexibility index (Phi) is 4.03. The van der Waals surface area contributed by atoms with E-state index in [2.05, 4.69) is 10.5 Å². The van der Waals surface area contributed by atoms with Crippen LogP contribution >= 0.6 is 0 Å². The summed E-state index contributed by atoms with van der Waals surface area (Å²) in [6, 6.07) is 9.32. The van der Waals surface area contributed by atoms with Gasteiger partial charge in [0.05, 0.1) is 0 Å². The van der Waals surface area contributed by atoms with Crippen molar-refractivity contribution < 1.29 is 9.21 Å². The van der Waals surface area contributed by atoms with E-state index < -0.39 is 0 Å². The largest absolute Gasteiger partial charge is 0.460 e. The Morgan fingerprint density at radius 2 is 1.95 bits per heavy atom. The number of hydrogen-bond donors (Lipinski definition) is 1. The molecule has 0 fully saturated rings. The molecule has 1 amide bonds. The van der Waals surface area contributed by atoms with Gasteiger partial charge in [-0.05, 0) is 51.5 Å². The number of rotatable bonds is 3. The Morgan fingerprint density at radius 3 is 2.55 bits per heavy atom. The number of nitrogens with zero attached hydrogens (tertiary/aromatic N) is 1. The first-order valence-electron chi connectivity index (χ1n) is 6.46. The topological polar surface area (TPSA) is 54.6 Å². The van der Waals surface area contributed by atoms with Gasteiger partial charge in [0, 0.05) is 5.56 Å². The normalized spacial score (nSPS) is 11.5. The second kappa shape index (κ2) is 5.74. The Hall–Kier alpha value is -2.36. The van der Waals surface area contributed by atoms with Crippen molar-refractivity contribution in [3.05, 3.63) is 58.5 Å². The Balaban J connectivity index is 2.13. The predicted octanol–water partition coefficient (Wildman–Crippen LogP) is 3.36. The second-order valence-electron chi connectivity index (χ2n) is 4.88. The molecule has 0 bridgehead atoms. The quantitative estimate of drug-likeness (QED) is 0.686. The fourth-order valence-electron chi connectivity index (χ4n) is 2.04. The van der Waals surface area contributed by atoms with Crippen LogP contribution < -0.4 is 5.43 Å². The SMILES string of the molecule is C/C(=N/NC(=O)c1cccc(C)c1)c1oc(C)cc1C. The third-order valence-electron chi connectivity index (χ3n) is 2.97. The maximum absolute atomic E-state index is 12.0. The van der Waals surface area contributed by atoms with Crippen LogP contribution in [0.3, 0.4) is 0 Å². The minimum Gasteiger partial charge on any atom is -0.460 e. The molecule has 2 aromatic rings. The fourth-order valence-corrected chi connectivity index (χ4v) is 2.04. The molecule has 0 aliphatic carbocycles. The van der Waals surface area contributed by atoms with E-state index in [1.807, 2.05) is 52.0 Å². The molecular formula is C16H18N2O2. The van der Waals surface area contributed by atoms with Crippen LogP contribution in [-0.4, -0.2) is 11.6 Å². The monoisotopic (exact) mass is 270 g/mol. The number of carbonyl (C=O) groups is 1. The number of nitrogens with one attached hydrogen (secondary N) is 1. The molecule has 0 atom stereocenters. The van der Waals surface area contributed by atoms with Crippen LogP contribution in [0.15, 0.2) is 39.9 Å². The highest BCUT2D eigenvalue weighted by Crippen LogP contribution is 2.14. The van der Waals surface area contributed by atoms with Gasteiger partial charge in [0.15, 0.2) is 5.76 Å². The number of aryl methyl sites for hydroxylation is 3. The summed E-state index contributed by atoms with van der Waals surface area (Å²) in [5, 5.41) is 4.10. The van der Waals surface area contributed by atoms with Gasteiger partial charge in [0.1, 0.15) is 11.5 Å². The van der Waals surface area contributed by atoms with Crippen molar-refractivity contribution >= 4 is 11.6 Å². The molecule has 0 aliphatic heterocycles. The molecule has 0 radical (unpaired) electrons. The predicted molar refractivity (Wildman–Crippen MR) is 79.0 cm³/mol. The van der Waals surface area contributed by atoms with E-state index >= 15 is 0 Å². The summed E-state index contributed by atoms with van der Waals surface area (Å²) in [6.45, 7) is 7.59. The molecule has 1 aromatic heterocycles. The smallest absolute Gasteiger partial charge is 0.271 e. The van der Waals surface area contributed by atoms with Gasteiger partial charge in [0.2, 0.25) is 0 Å². The van der Waals surface area contributed by atoms with E-state index in [0.29, 0.717) is 17.0 Å². The van der Waals surface area contributed by atoms with Gasteiger partial charge >= 0.3 is 0 Å². The van der Waals surface area contributed by atoms with Gasteiger partial charge in [-0.3, -0.25) is 4.79 Å². The standard InChI is InChI=1S/C16H18N2O2/c1-10-6-5-7-14(8-10)16(19)18-17-13(4)15-11(2)9-12(3)20-15/h5-9H,1-4H3,(H,18,19)/b17-13-. The zero-order valence-corrected chi connectivity index (χ0v) is 12.2. The average Bonchev–Trinajstić information content (AvgIpc) is 2.74. The highest BCUT2D eigenvalue weighted by molar-refractivity contribution is 6.00. The molecule has 1 aromatic carbocycles. The van der Waals surface area contributed by atoms with Crippen LogP contribution in [0.5, 0.6) is 0 Å². The molecule has 0 saturated carbocycles. The van der Waals surface area contributed by atoms with Gasteiger partial charge in [-0.1, -0.05) is 17.7 Å². The summed E-state index contributed by atoms with van der Waals surface area (Å²) >= 11 is 0. The van der Waals surface area contributed by atoms with Crippen molar-refractivity contribution in [2.24, 2.45) is 5.10 Å². The lowest BCUT2D eigenvalue weighted by atomic mass is 10.1. The summed E-state index contributed by atoms with van der Waals surface area (Å²) in [5.41, 5.74) is 5.84. The van der Waals surface area contributed by atoms with E-state index in [0.717, 1.165) is 16.9 Å². The lowest BCUT2D eigenvalue weighted by molar-refractivity contribution is 0.0954. The summed E-state index contributed by atoms with van der Waals surface area (Å²) in [7, 11) is 0. The zero-order chi connectivity index (χ0) is 14.7. The van der Waals surface area contributed by atoms with Gasteiger partial charge in [-0.25, -0.2) is 5.43 Å². The maximum atomic E-state index is 12.0. The van der Waals surface area contributed by atoms with Gasteiger partial charge in [-0.15, -0.1) is 0 Å². The van der Waals surface area contributed by atoms with Crippen LogP contribution in [0, 0.1) is 20.8 Å². The second-order valence-corrected chi connectivity index (χ2v) is 4.88. The molecule has 4 heteroatoms. The molecule has 1 N–H and O–H groups in total. The molecule has 1 heterocycles. The van der Waals surface area contributed by atoms with Crippen molar-refractivity contribution in [3.8, 4) is 0 Å². The fraction of sp³-hybridized carbons (Fsp3) is 0.250. The van der Waals surface area contributed by atoms with Crippen LogP contribution in [0.25, 0.3) is 0 Å². The number of benzene rings is 1. The molecule has 0 aliphatic rings. The number of carbonyl (C=O) groups excluding carboxylic acids is 1. The van der Waals surface area contributed by atoms with Crippen molar-refractivity contribution in [3.63, 3.8) is 0 Å². The van der Waals surface area contributed by atoms with Crippen molar-refractivity contribution in [2.45, 2.75) is 27.7 Å². The van der Waals surface area contributed by atoms with Crippen LogP contribution in [0.2, 0.25) is 0 Å². The van der Waals surface area contributed by atoms with Crippen molar-refractivity contribution in [1.29, 1.82) is 0 Å². The van der Waals surface area contributed by atoms with Gasteiger partial charge in [0.25, 0.3) is 5.91 Å². The summed E-state index contributed by atoms with van der Waals surface area (Å²) in [6.07, 6.45) is 0. The van der Waals surface area contributed by atoms with Crippen molar-refractivity contribution in [2.75, 3.05) is 0 Å². The van der Waals surface area contributed by atoms with Crippen molar-refractivity contribution in [1.82, 2.24) is 5.43 Å². The first kappa shape index (κ1) is 14.1. The van der Waals surface area contributed by atoms with Crippen LogP contribution in [0.4, 0.5) is 0 Å². The third kappa shape index (κ3) is 3.15. The first-order valence-corrected chi connectivity index (χ1v) is 6.46. The van der Waals surface area contributed by atoms with Crippen LogP contribution in [0.1, 0.15) is 39.9 Å². The highest BCUT2D eigenvalue weighted by Gasteiger charge is 2.09. The molecule has 0 saturated heterocycles. The minimum absolute atomic E-state index is 0.228. The lowest BCUT2D eigenvalue weighted by Gasteiger charge is -2.03. The molecule has 0 spiro atoms. The number of furan rings is 1. The van der Waals surface area contributed by atoms with E-state index in [9.17, 15) is 4.79 Å². The van der Waals surface area contributed by atoms with E-state index in [-0.39, 0.29) is 5.91 Å². The Bertz CT molecular complexity index is 669.